The lowest BCUT2D eigenvalue weighted by Gasteiger charge is -2.14. The van der Waals surface area contributed by atoms with Gasteiger partial charge in [0.15, 0.2) is 0 Å². The highest BCUT2D eigenvalue weighted by Crippen LogP contribution is 2.23. The highest BCUT2D eigenvalue weighted by Gasteiger charge is 2.19. The number of sulfonamides is 1. The van der Waals surface area contributed by atoms with Crippen LogP contribution in [0.4, 0.5) is 0 Å². The van der Waals surface area contributed by atoms with Crippen molar-refractivity contribution in [2.75, 3.05) is 7.11 Å². The number of aliphatic hydroxyl groups excluding tert-OH is 1. The molecule has 0 spiro atoms. The van der Waals surface area contributed by atoms with Crippen molar-refractivity contribution < 1.29 is 18.3 Å². The Morgan fingerprint density at radius 1 is 1.33 bits per heavy atom. The molecular weight excluding hydrogens is 310 g/mol. The molecule has 1 heterocycles. The Morgan fingerprint density at radius 2 is 2.00 bits per heavy atom. The van der Waals surface area contributed by atoms with Crippen LogP contribution in [0.15, 0.2) is 40.6 Å². The van der Waals surface area contributed by atoms with Gasteiger partial charge in [-0.2, -0.15) is 0 Å². The van der Waals surface area contributed by atoms with Gasteiger partial charge in [-0.25, -0.2) is 13.1 Å². The van der Waals surface area contributed by atoms with Crippen molar-refractivity contribution in [3.05, 3.63) is 46.2 Å². The summed E-state index contributed by atoms with van der Waals surface area (Å²) >= 11 is 1.22. The normalized spacial score (nSPS) is 13.1. The number of aliphatic hydroxyl groups is 1. The van der Waals surface area contributed by atoms with Crippen LogP contribution in [0.2, 0.25) is 0 Å². The number of methoxy groups -OCH3 is 1. The molecular formula is C14H17NO4S2. The molecule has 1 unspecified atom stereocenters. The highest BCUT2D eigenvalue weighted by atomic mass is 32.2. The number of benzene rings is 1. The first kappa shape index (κ1) is 16.0. The second kappa shape index (κ2) is 6.57. The Hall–Kier alpha value is -1.41. The van der Waals surface area contributed by atoms with Crippen LogP contribution in [0.25, 0.3) is 0 Å². The topological polar surface area (TPSA) is 75.6 Å². The lowest BCUT2D eigenvalue weighted by Crippen LogP contribution is -2.26. The van der Waals surface area contributed by atoms with Gasteiger partial charge in [0.25, 0.3) is 0 Å². The van der Waals surface area contributed by atoms with Crippen molar-refractivity contribution in [3.63, 3.8) is 0 Å². The zero-order valence-electron chi connectivity index (χ0n) is 11.7. The Kier molecular flexibility index (Phi) is 5.00. The summed E-state index contributed by atoms with van der Waals surface area (Å²) < 4.78 is 32.2. The quantitative estimate of drug-likeness (QED) is 0.853. The minimum absolute atomic E-state index is 0.159. The van der Waals surface area contributed by atoms with Gasteiger partial charge in [-0.15, -0.1) is 11.3 Å². The van der Waals surface area contributed by atoms with Crippen molar-refractivity contribution in [1.29, 1.82) is 0 Å². The van der Waals surface area contributed by atoms with E-state index in [1.807, 2.05) is 12.1 Å². The van der Waals surface area contributed by atoms with Gasteiger partial charge < -0.3 is 9.84 Å². The second-order valence-corrected chi connectivity index (χ2v) is 7.23. The Balaban J connectivity index is 2.14. The monoisotopic (exact) mass is 327 g/mol. The van der Waals surface area contributed by atoms with E-state index in [1.54, 1.807) is 26.2 Å². The van der Waals surface area contributed by atoms with E-state index in [0.29, 0.717) is 4.88 Å². The molecule has 0 aliphatic heterocycles. The van der Waals surface area contributed by atoms with Crippen LogP contribution in [0.3, 0.4) is 0 Å². The van der Waals surface area contributed by atoms with E-state index < -0.39 is 10.0 Å². The van der Waals surface area contributed by atoms with Crippen LogP contribution in [0, 0.1) is 0 Å². The third-order valence-corrected chi connectivity index (χ3v) is 5.63. The summed E-state index contributed by atoms with van der Waals surface area (Å²) in [7, 11) is -2.01. The molecule has 0 amide bonds. The zero-order chi connectivity index (χ0) is 15.5. The molecule has 21 heavy (non-hydrogen) atoms. The van der Waals surface area contributed by atoms with Gasteiger partial charge in [0, 0.05) is 16.3 Å². The van der Waals surface area contributed by atoms with Crippen LogP contribution < -0.4 is 9.46 Å². The summed E-state index contributed by atoms with van der Waals surface area (Å²) in [5, 5.41) is 10.5. The maximum atomic E-state index is 12.3. The number of hydrogen-bond acceptors (Lipinski definition) is 5. The number of rotatable bonds is 6. The smallest absolute Gasteiger partial charge is 0.241 e. The average molecular weight is 327 g/mol. The minimum Gasteiger partial charge on any atom is -0.497 e. The molecule has 2 rings (SSSR count). The average Bonchev–Trinajstić information content (AvgIpc) is 2.96. The molecule has 7 heteroatoms. The summed E-state index contributed by atoms with van der Waals surface area (Å²) in [5.74, 6) is 0.722. The molecule has 0 fully saturated rings. The fourth-order valence-corrected chi connectivity index (χ4v) is 4.21. The van der Waals surface area contributed by atoms with Crippen LogP contribution in [-0.2, 0) is 16.6 Å². The number of nitrogens with one attached hydrogen (secondary N) is 1. The molecule has 114 valence electrons. The standard InChI is InChI=1S/C14H17NO4S2/c1-10(11-3-5-12(19-2)6-4-11)15-21(17,18)14-7-13(8-16)20-9-14/h3-7,9-10,15-16H,8H2,1-2H3. The van der Waals surface area contributed by atoms with Gasteiger partial charge in [-0.3, -0.25) is 0 Å². The molecule has 1 aromatic heterocycles. The number of hydrogen-bond donors (Lipinski definition) is 2. The van der Waals surface area contributed by atoms with Crippen molar-refractivity contribution in [2.24, 2.45) is 0 Å². The summed E-state index contributed by atoms with van der Waals surface area (Å²) in [4.78, 5) is 0.796. The first-order valence-electron chi connectivity index (χ1n) is 6.31. The molecule has 2 N–H and O–H groups in total. The SMILES string of the molecule is COc1ccc(C(C)NS(=O)(=O)c2csc(CO)c2)cc1. The molecule has 0 saturated heterocycles. The Labute approximate surface area is 128 Å². The van der Waals surface area contributed by atoms with Gasteiger partial charge >= 0.3 is 0 Å². The summed E-state index contributed by atoms with van der Waals surface area (Å²) in [6.45, 7) is 1.62. The molecule has 0 aliphatic carbocycles. The molecule has 0 bridgehead atoms. The van der Waals surface area contributed by atoms with Crippen molar-refractivity contribution in [1.82, 2.24) is 4.72 Å². The fraction of sp³-hybridized carbons (Fsp3) is 0.286. The third-order valence-electron chi connectivity index (χ3n) is 3.04. The molecule has 0 radical (unpaired) electrons. The van der Waals surface area contributed by atoms with Crippen molar-refractivity contribution >= 4 is 21.4 Å². The van der Waals surface area contributed by atoms with Gasteiger partial charge in [0.05, 0.1) is 18.6 Å². The van der Waals surface area contributed by atoms with E-state index in [-0.39, 0.29) is 17.5 Å². The lowest BCUT2D eigenvalue weighted by atomic mass is 10.1. The lowest BCUT2D eigenvalue weighted by molar-refractivity contribution is 0.285. The predicted molar refractivity (Wildman–Crippen MR) is 82.0 cm³/mol. The van der Waals surface area contributed by atoms with E-state index in [1.165, 1.54) is 22.8 Å². The zero-order valence-corrected chi connectivity index (χ0v) is 13.4. The molecule has 0 aliphatic rings. The largest absolute Gasteiger partial charge is 0.497 e. The van der Waals surface area contributed by atoms with E-state index in [2.05, 4.69) is 4.72 Å². The molecule has 1 aromatic carbocycles. The van der Waals surface area contributed by atoms with Gasteiger partial charge in [-0.1, -0.05) is 12.1 Å². The van der Waals surface area contributed by atoms with Gasteiger partial charge in [-0.05, 0) is 30.7 Å². The van der Waals surface area contributed by atoms with Crippen LogP contribution in [0.1, 0.15) is 23.4 Å². The van der Waals surface area contributed by atoms with E-state index in [0.717, 1.165) is 11.3 Å². The van der Waals surface area contributed by atoms with Crippen molar-refractivity contribution in [2.45, 2.75) is 24.5 Å². The van der Waals surface area contributed by atoms with Crippen LogP contribution >= 0.6 is 11.3 Å². The Morgan fingerprint density at radius 3 is 2.52 bits per heavy atom. The van der Waals surface area contributed by atoms with E-state index in [9.17, 15) is 8.42 Å². The second-order valence-electron chi connectivity index (χ2n) is 4.52. The maximum absolute atomic E-state index is 12.3. The molecule has 0 saturated carbocycles. The van der Waals surface area contributed by atoms with E-state index >= 15 is 0 Å². The Bertz CT molecular complexity index is 692. The number of ether oxygens (including phenoxy) is 1. The summed E-state index contributed by atoms with van der Waals surface area (Å²) in [6.07, 6.45) is 0. The third kappa shape index (κ3) is 3.82. The molecule has 5 nitrogen and oxygen atoms in total. The highest BCUT2D eigenvalue weighted by molar-refractivity contribution is 7.89. The van der Waals surface area contributed by atoms with Crippen LogP contribution in [0.5, 0.6) is 5.75 Å². The molecule has 1 atom stereocenters. The maximum Gasteiger partial charge on any atom is 0.241 e. The predicted octanol–water partition coefficient (Wildman–Crippen LogP) is 2.29. The minimum atomic E-state index is -3.59. The van der Waals surface area contributed by atoms with Gasteiger partial charge in [0.2, 0.25) is 10.0 Å². The first-order valence-corrected chi connectivity index (χ1v) is 8.67. The van der Waals surface area contributed by atoms with Crippen molar-refractivity contribution in [3.8, 4) is 5.75 Å². The summed E-state index contributed by atoms with van der Waals surface area (Å²) in [6, 6.07) is 8.33. The first-order chi connectivity index (χ1) is 9.96. The fourth-order valence-electron chi connectivity index (χ4n) is 1.85. The van der Waals surface area contributed by atoms with Gasteiger partial charge in [0.1, 0.15) is 5.75 Å². The van der Waals surface area contributed by atoms with Crippen LogP contribution in [-0.4, -0.2) is 20.6 Å². The summed E-state index contributed by atoms with van der Waals surface area (Å²) in [5.41, 5.74) is 0.844. The number of thiophene rings is 1. The molecule has 2 aromatic rings. The van der Waals surface area contributed by atoms with E-state index in [4.69, 9.17) is 9.84 Å².